The zero-order valence-electron chi connectivity index (χ0n) is 8.77. The van der Waals surface area contributed by atoms with E-state index in [4.69, 9.17) is 0 Å². The summed E-state index contributed by atoms with van der Waals surface area (Å²) in [5.41, 5.74) is 1.98. The van der Waals surface area contributed by atoms with E-state index in [1.165, 1.54) is 9.58 Å². The molecule has 2 heterocycles. The van der Waals surface area contributed by atoms with Crippen molar-refractivity contribution in [2.24, 2.45) is 4.99 Å². The molecule has 0 unspecified atom stereocenters. The summed E-state index contributed by atoms with van der Waals surface area (Å²) in [5.74, 6) is 0. The monoisotopic (exact) mass is 216 g/mol. The molecule has 3 heteroatoms. The highest BCUT2D eigenvalue weighted by atomic mass is 32.1. The lowest BCUT2D eigenvalue weighted by Crippen LogP contribution is -1.71. The first-order chi connectivity index (χ1) is 7.36. The Balaban J connectivity index is 2.74. The first kappa shape index (κ1) is 10.1. The first-order valence-electron chi connectivity index (χ1n) is 4.85. The lowest BCUT2D eigenvalue weighted by atomic mass is 10.3. The van der Waals surface area contributed by atoms with Crippen molar-refractivity contribution in [2.75, 3.05) is 0 Å². The van der Waals surface area contributed by atoms with Crippen molar-refractivity contribution >= 4 is 39.5 Å². The molecular weight excluding hydrogens is 204 g/mol. The van der Waals surface area contributed by atoms with E-state index in [2.05, 4.69) is 22.1 Å². The van der Waals surface area contributed by atoms with Gasteiger partial charge in [0, 0.05) is 12.4 Å². The summed E-state index contributed by atoms with van der Waals surface area (Å²) in [5, 5.41) is 0. The first-order valence-corrected chi connectivity index (χ1v) is 5.67. The van der Waals surface area contributed by atoms with Crippen molar-refractivity contribution in [3.63, 3.8) is 0 Å². The van der Waals surface area contributed by atoms with Gasteiger partial charge < -0.3 is 0 Å². The van der Waals surface area contributed by atoms with Crippen LogP contribution >= 0.6 is 11.3 Å². The molecule has 0 aromatic carbocycles. The van der Waals surface area contributed by atoms with Crippen molar-refractivity contribution in [3.05, 3.63) is 29.3 Å². The maximum Gasteiger partial charge on any atom is 0.107 e. The van der Waals surface area contributed by atoms with Crippen LogP contribution in [0, 0.1) is 0 Å². The van der Waals surface area contributed by atoms with Crippen LogP contribution in [-0.2, 0) is 0 Å². The highest BCUT2D eigenvalue weighted by molar-refractivity contribution is 7.20. The number of allylic oxidation sites excluding steroid dienone is 1. The van der Waals surface area contributed by atoms with Crippen LogP contribution in [0.3, 0.4) is 0 Å². The predicted molar refractivity (Wildman–Crippen MR) is 68.2 cm³/mol. The number of pyridine rings is 1. The normalized spacial score (nSPS) is 12.1. The molecule has 0 bridgehead atoms. The van der Waals surface area contributed by atoms with Crippen LogP contribution in [0.25, 0.3) is 16.3 Å². The third-order valence-electron chi connectivity index (χ3n) is 2.02. The molecule has 0 N–H and O–H groups in total. The Hall–Kier alpha value is -1.48. The summed E-state index contributed by atoms with van der Waals surface area (Å²) in [6.07, 6.45) is 7.72. The second-order valence-corrected chi connectivity index (χ2v) is 4.14. The number of hydrogen-bond donors (Lipinski definition) is 0. The van der Waals surface area contributed by atoms with Crippen molar-refractivity contribution in [3.8, 4) is 0 Å². The second kappa shape index (κ2) is 4.36. The fraction of sp³-hybridized carbons (Fsp3) is 0.167. The Morgan fingerprint density at radius 3 is 3.00 bits per heavy atom. The Kier molecular flexibility index (Phi) is 2.92. The lowest BCUT2D eigenvalue weighted by molar-refractivity contribution is 1.41. The average molecular weight is 216 g/mol. The number of fused-ring (bicyclic) bond motifs is 1. The van der Waals surface area contributed by atoms with E-state index in [0.717, 1.165) is 11.2 Å². The van der Waals surface area contributed by atoms with Crippen molar-refractivity contribution in [1.29, 1.82) is 0 Å². The molecule has 0 fully saturated rings. The Morgan fingerprint density at radius 2 is 2.27 bits per heavy atom. The fourth-order valence-corrected chi connectivity index (χ4v) is 2.53. The van der Waals surface area contributed by atoms with Crippen molar-refractivity contribution in [1.82, 2.24) is 4.98 Å². The molecule has 0 atom stereocenters. The largest absolute Gasteiger partial charge is 0.258 e. The van der Waals surface area contributed by atoms with E-state index in [-0.39, 0.29) is 0 Å². The molecule has 0 spiro atoms. The molecule has 2 rings (SSSR count). The summed E-state index contributed by atoms with van der Waals surface area (Å²) in [4.78, 5) is 9.92. The number of aliphatic imine (C=N–C) groups is 1. The number of hydrogen-bond acceptors (Lipinski definition) is 3. The van der Waals surface area contributed by atoms with Crippen LogP contribution in [0.4, 0.5) is 5.69 Å². The van der Waals surface area contributed by atoms with Gasteiger partial charge in [0.2, 0.25) is 0 Å². The quantitative estimate of drug-likeness (QED) is 0.695. The van der Waals surface area contributed by atoms with Crippen LogP contribution in [0.2, 0.25) is 0 Å². The van der Waals surface area contributed by atoms with Crippen LogP contribution in [-0.4, -0.2) is 11.2 Å². The van der Waals surface area contributed by atoms with Gasteiger partial charge in [-0.3, -0.25) is 9.98 Å². The van der Waals surface area contributed by atoms with Gasteiger partial charge >= 0.3 is 0 Å². The molecule has 76 valence electrons. The average Bonchev–Trinajstić information content (AvgIpc) is 2.59. The molecular formula is C12H12N2S. The minimum atomic E-state index is 0.983. The molecule has 0 saturated carbocycles. The maximum atomic E-state index is 4.39. The standard InChI is InChI=1S/C12H12N2S/c1-3-6-9-11(13-4-2)12-10(15-9)7-5-8-14-12/h3-8H,1-2H3/b6-3-,13-4-. The fourth-order valence-electron chi connectivity index (χ4n) is 1.45. The number of aromatic nitrogens is 1. The van der Waals surface area contributed by atoms with Gasteiger partial charge in [-0.1, -0.05) is 6.08 Å². The summed E-state index contributed by atoms with van der Waals surface area (Å²) < 4.78 is 1.19. The molecule has 0 saturated heterocycles. The molecule has 15 heavy (non-hydrogen) atoms. The molecule has 0 aliphatic heterocycles. The summed E-state index contributed by atoms with van der Waals surface area (Å²) in [6, 6.07) is 4.03. The lowest BCUT2D eigenvalue weighted by Gasteiger charge is -1.91. The Morgan fingerprint density at radius 1 is 1.40 bits per heavy atom. The minimum absolute atomic E-state index is 0.983. The highest BCUT2D eigenvalue weighted by Crippen LogP contribution is 2.37. The van der Waals surface area contributed by atoms with Gasteiger partial charge in [0.1, 0.15) is 11.2 Å². The van der Waals surface area contributed by atoms with Gasteiger partial charge in [-0.25, -0.2) is 0 Å². The van der Waals surface area contributed by atoms with Gasteiger partial charge in [-0.05, 0) is 32.1 Å². The van der Waals surface area contributed by atoms with Gasteiger partial charge in [-0.2, -0.15) is 0 Å². The van der Waals surface area contributed by atoms with E-state index < -0.39 is 0 Å². The highest BCUT2D eigenvalue weighted by Gasteiger charge is 2.08. The van der Waals surface area contributed by atoms with Gasteiger partial charge in [0.15, 0.2) is 0 Å². The van der Waals surface area contributed by atoms with Gasteiger partial charge in [-0.15, -0.1) is 11.3 Å². The third-order valence-corrected chi connectivity index (χ3v) is 3.12. The van der Waals surface area contributed by atoms with Crippen molar-refractivity contribution in [2.45, 2.75) is 13.8 Å². The third kappa shape index (κ3) is 1.83. The molecule has 2 nitrogen and oxygen atoms in total. The van der Waals surface area contributed by atoms with Crippen LogP contribution in [0.15, 0.2) is 29.4 Å². The van der Waals surface area contributed by atoms with Crippen molar-refractivity contribution < 1.29 is 0 Å². The molecule has 0 radical (unpaired) electrons. The molecule has 2 aromatic heterocycles. The van der Waals surface area contributed by atoms with E-state index in [1.54, 1.807) is 11.3 Å². The predicted octanol–water partition coefficient (Wildman–Crippen LogP) is 4.05. The number of nitrogens with zero attached hydrogens (tertiary/aromatic N) is 2. The molecule has 2 aromatic rings. The summed E-state index contributed by atoms with van der Waals surface area (Å²) in [6.45, 7) is 3.93. The number of rotatable bonds is 2. The second-order valence-electron chi connectivity index (χ2n) is 3.05. The topological polar surface area (TPSA) is 25.2 Å². The molecule has 0 amide bonds. The maximum absolute atomic E-state index is 4.39. The zero-order chi connectivity index (χ0) is 10.7. The van der Waals surface area contributed by atoms with Crippen LogP contribution in [0.5, 0.6) is 0 Å². The summed E-state index contributed by atoms with van der Waals surface area (Å²) >= 11 is 1.73. The summed E-state index contributed by atoms with van der Waals surface area (Å²) in [7, 11) is 0. The zero-order valence-corrected chi connectivity index (χ0v) is 9.58. The van der Waals surface area contributed by atoms with E-state index >= 15 is 0 Å². The van der Waals surface area contributed by atoms with E-state index in [9.17, 15) is 0 Å². The Bertz CT molecular complexity index is 523. The van der Waals surface area contributed by atoms with Gasteiger partial charge in [0.25, 0.3) is 0 Å². The smallest absolute Gasteiger partial charge is 0.107 e. The molecule has 0 aliphatic rings. The minimum Gasteiger partial charge on any atom is -0.258 e. The van der Waals surface area contributed by atoms with E-state index in [0.29, 0.717) is 0 Å². The Labute approximate surface area is 93.0 Å². The number of thiophene rings is 1. The van der Waals surface area contributed by atoms with Crippen LogP contribution in [0.1, 0.15) is 18.7 Å². The molecule has 0 aliphatic carbocycles. The SMILES string of the molecule is C/C=C\c1sc2cccnc2c1/N=C\C. The van der Waals surface area contributed by atoms with Crippen LogP contribution < -0.4 is 0 Å². The van der Waals surface area contributed by atoms with E-state index in [1.807, 2.05) is 38.4 Å². The van der Waals surface area contributed by atoms with Gasteiger partial charge in [0.05, 0.1) is 9.58 Å².